The highest BCUT2D eigenvalue weighted by Crippen LogP contribution is 2.29. The lowest BCUT2D eigenvalue weighted by Gasteiger charge is -2.15. The molecule has 0 spiro atoms. The molecule has 24 heavy (non-hydrogen) atoms. The van der Waals surface area contributed by atoms with E-state index in [1.54, 1.807) is 25.1 Å². The fourth-order valence-electron chi connectivity index (χ4n) is 2.06. The molecule has 0 saturated heterocycles. The number of carbonyl (C=O) groups excluding carboxylic acids is 2. The molecule has 1 fully saturated rings. The fourth-order valence-corrected chi connectivity index (χ4v) is 2.06. The first-order valence-electron chi connectivity index (χ1n) is 8.46. The van der Waals surface area contributed by atoms with Crippen molar-refractivity contribution in [3.63, 3.8) is 0 Å². The van der Waals surface area contributed by atoms with Crippen molar-refractivity contribution in [2.75, 3.05) is 13.2 Å². The standard InChI is InChI=1S/C18H25NO5/c1-4-10-23-15-9-6-13(11-16(15)22-5-2)18(21)24-12(3)17(20)19-14-7-8-14/h6,9,11-12,14H,4-5,7-8,10H2,1-3H3,(H,19,20). The van der Waals surface area contributed by atoms with Crippen LogP contribution in [-0.2, 0) is 9.53 Å². The van der Waals surface area contributed by atoms with Crippen LogP contribution < -0.4 is 14.8 Å². The van der Waals surface area contributed by atoms with Gasteiger partial charge in [-0.3, -0.25) is 4.79 Å². The predicted octanol–water partition coefficient (Wildman–Crippen LogP) is 2.70. The van der Waals surface area contributed by atoms with E-state index in [4.69, 9.17) is 14.2 Å². The van der Waals surface area contributed by atoms with E-state index in [-0.39, 0.29) is 11.9 Å². The second-order valence-electron chi connectivity index (χ2n) is 5.77. The fraction of sp³-hybridized carbons (Fsp3) is 0.556. The zero-order valence-corrected chi connectivity index (χ0v) is 14.5. The highest BCUT2D eigenvalue weighted by atomic mass is 16.5. The van der Waals surface area contributed by atoms with Crippen LogP contribution in [0.4, 0.5) is 0 Å². The van der Waals surface area contributed by atoms with Gasteiger partial charge in [-0.25, -0.2) is 4.79 Å². The third-order valence-corrected chi connectivity index (χ3v) is 3.52. The van der Waals surface area contributed by atoms with E-state index in [1.807, 2.05) is 13.8 Å². The van der Waals surface area contributed by atoms with Crippen LogP contribution in [0, 0.1) is 0 Å². The lowest BCUT2D eigenvalue weighted by atomic mass is 10.2. The van der Waals surface area contributed by atoms with Gasteiger partial charge in [-0.1, -0.05) is 6.92 Å². The van der Waals surface area contributed by atoms with Gasteiger partial charge >= 0.3 is 5.97 Å². The molecule has 6 nitrogen and oxygen atoms in total. The van der Waals surface area contributed by atoms with Crippen LogP contribution in [0.25, 0.3) is 0 Å². The number of nitrogens with one attached hydrogen (secondary N) is 1. The summed E-state index contributed by atoms with van der Waals surface area (Å²) >= 11 is 0. The lowest BCUT2D eigenvalue weighted by molar-refractivity contribution is -0.129. The average Bonchev–Trinajstić information content (AvgIpc) is 3.37. The highest BCUT2D eigenvalue weighted by Gasteiger charge is 2.27. The maximum Gasteiger partial charge on any atom is 0.339 e. The van der Waals surface area contributed by atoms with Crippen molar-refractivity contribution in [2.24, 2.45) is 0 Å². The minimum Gasteiger partial charge on any atom is -0.490 e. The van der Waals surface area contributed by atoms with E-state index >= 15 is 0 Å². The summed E-state index contributed by atoms with van der Waals surface area (Å²) in [6, 6.07) is 5.12. The summed E-state index contributed by atoms with van der Waals surface area (Å²) in [5.74, 6) is 0.264. The molecule has 1 unspecified atom stereocenters. The first kappa shape index (κ1) is 18.1. The summed E-state index contributed by atoms with van der Waals surface area (Å²) < 4.78 is 16.4. The maximum atomic E-state index is 12.2. The van der Waals surface area contributed by atoms with Crippen molar-refractivity contribution in [2.45, 2.75) is 52.2 Å². The predicted molar refractivity (Wildman–Crippen MR) is 89.4 cm³/mol. The van der Waals surface area contributed by atoms with Crippen molar-refractivity contribution < 1.29 is 23.8 Å². The van der Waals surface area contributed by atoms with E-state index < -0.39 is 12.1 Å². The third kappa shape index (κ3) is 5.15. The van der Waals surface area contributed by atoms with Gasteiger partial charge in [0.25, 0.3) is 5.91 Å². The van der Waals surface area contributed by atoms with Crippen LogP contribution in [0.3, 0.4) is 0 Å². The zero-order chi connectivity index (χ0) is 17.5. The molecule has 1 saturated carbocycles. The molecular formula is C18H25NO5. The van der Waals surface area contributed by atoms with Gasteiger partial charge in [-0.2, -0.15) is 0 Å². The lowest BCUT2D eigenvalue weighted by Crippen LogP contribution is -2.37. The molecule has 0 bridgehead atoms. The van der Waals surface area contributed by atoms with Crippen molar-refractivity contribution in [1.82, 2.24) is 5.32 Å². The molecule has 2 rings (SSSR count). The van der Waals surface area contributed by atoms with Gasteiger partial charge in [0, 0.05) is 6.04 Å². The van der Waals surface area contributed by atoms with Crippen molar-refractivity contribution in [1.29, 1.82) is 0 Å². The number of hydrogen-bond acceptors (Lipinski definition) is 5. The second kappa shape index (κ2) is 8.57. The Morgan fingerprint density at radius 2 is 1.96 bits per heavy atom. The topological polar surface area (TPSA) is 73.9 Å². The van der Waals surface area contributed by atoms with E-state index in [0.29, 0.717) is 30.3 Å². The Morgan fingerprint density at radius 1 is 1.21 bits per heavy atom. The average molecular weight is 335 g/mol. The van der Waals surface area contributed by atoms with Crippen molar-refractivity contribution >= 4 is 11.9 Å². The van der Waals surface area contributed by atoms with Gasteiger partial charge in [0.05, 0.1) is 18.8 Å². The van der Waals surface area contributed by atoms with Gasteiger partial charge in [0.1, 0.15) is 0 Å². The Labute approximate surface area is 142 Å². The summed E-state index contributed by atoms with van der Waals surface area (Å²) in [6.45, 7) is 6.47. The maximum absolute atomic E-state index is 12.2. The Hall–Kier alpha value is -2.24. The molecule has 1 amide bonds. The molecule has 1 N–H and O–H groups in total. The third-order valence-electron chi connectivity index (χ3n) is 3.52. The molecule has 1 aliphatic rings. The summed E-state index contributed by atoms with van der Waals surface area (Å²) in [4.78, 5) is 24.1. The summed E-state index contributed by atoms with van der Waals surface area (Å²) in [7, 11) is 0. The van der Waals surface area contributed by atoms with Crippen LogP contribution in [0.5, 0.6) is 11.5 Å². The Kier molecular flexibility index (Phi) is 6.46. The van der Waals surface area contributed by atoms with Crippen molar-refractivity contribution in [3.8, 4) is 11.5 Å². The number of benzene rings is 1. The number of carbonyl (C=O) groups is 2. The summed E-state index contributed by atoms with van der Waals surface area (Å²) in [6.07, 6.45) is 2.03. The molecule has 1 atom stereocenters. The highest BCUT2D eigenvalue weighted by molar-refractivity contribution is 5.93. The van der Waals surface area contributed by atoms with Crippen LogP contribution in [0.1, 0.15) is 50.4 Å². The summed E-state index contributed by atoms with van der Waals surface area (Å²) in [5.41, 5.74) is 0.327. The first-order chi connectivity index (χ1) is 11.5. The molecule has 1 aromatic rings. The SMILES string of the molecule is CCCOc1ccc(C(=O)OC(C)C(=O)NC2CC2)cc1OCC. The molecule has 0 heterocycles. The Balaban J connectivity index is 2.01. The van der Waals surface area contributed by atoms with Gasteiger partial charge in [-0.15, -0.1) is 0 Å². The molecule has 0 aromatic heterocycles. The first-order valence-corrected chi connectivity index (χ1v) is 8.46. The Morgan fingerprint density at radius 3 is 2.58 bits per heavy atom. The molecule has 6 heteroatoms. The number of rotatable bonds is 9. The monoisotopic (exact) mass is 335 g/mol. The number of amides is 1. The van der Waals surface area contributed by atoms with Crippen molar-refractivity contribution in [3.05, 3.63) is 23.8 Å². The minimum absolute atomic E-state index is 0.234. The smallest absolute Gasteiger partial charge is 0.339 e. The quantitative estimate of drug-likeness (QED) is 0.702. The molecular weight excluding hydrogens is 310 g/mol. The van der Waals surface area contributed by atoms with Crippen LogP contribution in [-0.4, -0.2) is 37.2 Å². The molecule has 0 radical (unpaired) electrons. The van der Waals surface area contributed by atoms with Crippen LogP contribution in [0.15, 0.2) is 18.2 Å². The summed E-state index contributed by atoms with van der Waals surface area (Å²) in [5, 5.41) is 2.81. The Bertz CT molecular complexity index is 583. The molecule has 0 aliphatic heterocycles. The number of ether oxygens (including phenoxy) is 3. The van der Waals surface area contributed by atoms with Gasteiger partial charge in [0.2, 0.25) is 0 Å². The van der Waals surface area contributed by atoms with E-state index in [1.165, 1.54) is 0 Å². The van der Waals surface area contributed by atoms with E-state index in [2.05, 4.69) is 5.32 Å². The van der Waals surface area contributed by atoms with Gasteiger partial charge in [-0.05, 0) is 51.3 Å². The normalized spacial score (nSPS) is 14.6. The van der Waals surface area contributed by atoms with Crippen LogP contribution in [0.2, 0.25) is 0 Å². The van der Waals surface area contributed by atoms with E-state index in [9.17, 15) is 9.59 Å². The van der Waals surface area contributed by atoms with Crippen LogP contribution >= 0.6 is 0 Å². The number of esters is 1. The van der Waals surface area contributed by atoms with E-state index in [0.717, 1.165) is 19.3 Å². The second-order valence-corrected chi connectivity index (χ2v) is 5.77. The molecule has 1 aromatic carbocycles. The zero-order valence-electron chi connectivity index (χ0n) is 14.5. The van der Waals surface area contributed by atoms with Gasteiger partial charge in [0.15, 0.2) is 17.6 Å². The molecule has 132 valence electrons. The largest absolute Gasteiger partial charge is 0.490 e. The number of hydrogen-bond donors (Lipinski definition) is 1. The molecule has 1 aliphatic carbocycles. The van der Waals surface area contributed by atoms with Gasteiger partial charge < -0.3 is 19.5 Å². The minimum atomic E-state index is -0.829.